The third-order valence-corrected chi connectivity index (χ3v) is 4.02. The summed E-state index contributed by atoms with van der Waals surface area (Å²) >= 11 is 5.54. The highest BCUT2D eigenvalue weighted by molar-refractivity contribution is 6.30. The minimum Gasteiger partial charge on any atom is -0.477 e. The van der Waals surface area contributed by atoms with E-state index in [2.05, 4.69) is 22.9 Å². The predicted octanol–water partition coefficient (Wildman–Crippen LogP) is 6.55. The molecular formula is C28H55ClN4O4. The number of benzene rings is 1. The van der Waals surface area contributed by atoms with E-state index in [0.29, 0.717) is 12.2 Å². The van der Waals surface area contributed by atoms with Crippen LogP contribution < -0.4 is 21.7 Å². The second kappa shape index (κ2) is 28.1. The number of ether oxygens (including phenoxy) is 1. The maximum Gasteiger partial charge on any atom is 0.407 e. The number of alkyl carbamates (subject to hydrolysis) is 1. The van der Waals surface area contributed by atoms with Crippen LogP contribution in [0.3, 0.4) is 0 Å². The molecule has 1 aromatic rings. The second-order valence-corrected chi connectivity index (χ2v) is 8.67. The van der Waals surface area contributed by atoms with E-state index in [9.17, 15) is 9.59 Å². The van der Waals surface area contributed by atoms with Crippen LogP contribution in [-0.2, 0) is 9.53 Å². The van der Waals surface area contributed by atoms with Crippen LogP contribution in [-0.4, -0.2) is 48.9 Å². The number of carbonyl (C=O) groups excluding carboxylic acids is 1. The van der Waals surface area contributed by atoms with Gasteiger partial charge in [0.1, 0.15) is 11.3 Å². The van der Waals surface area contributed by atoms with Crippen molar-refractivity contribution >= 4 is 23.7 Å². The van der Waals surface area contributed by atoms with Crippen molar-refractivity contribution in [3.8, 4) is 0 Å². The maximum absolute atomic E-state index is 11.5. The highest BCUT2D eigenvalue weighted by Gasteiger charge is 2.18. The number of allylic oxidation sites excluding steroid dienone is 1. The zero-order valence-electron chi connectivity index (χ0n) is 25.1. The molecule has 0 radical (unpaired) electrons. The molecule has 9 heteroatoms. The van der Waals surface area contributed by atoms with Crippen LogP contribution in [0.4, 0.5) is 4.79 Å². The van der Waals surface area contributed by atoms with Crippen LogP contribution >= 0.6 is 11.6 Å². The van der Waals surface area contributed by atoms with Gasteiger partial charge in [-0.1, -0.05) is 77.3 Å². The number of hydrogen-bond acceptors (Lipinski definition) is 6. The molecule has 0 aliphatic heterocycles. The Hall–Kier alpha value is -2.45. The van der Waals surface area contributed by atoms with E-state index in [-0.39, 0.29) is 17.8 Å². The summed E-state index contributed by atoms with van der Waals surface area (Å²) < 4.78 is 5.22. The Morgan fingerprint density at radius 1 is 1.08 bits per heavy atom. The first kappa shape index (κ1) is 41.7. The molecule has 0 fully saturated rings. The van der Waals surface area contributed by atoms with Gasteiger partial charge >= 0.3 is 12.1 Å². The summed E-state index contributed by atoms with van der Waals surface area (Å²) in [5.41, 5.74) is 5.21. The number of likely N-dealkylation sites (N-methyl/N-ethyl adjacent to an activating group) is 2. The lowest BCUT2D eigenvalue weighted by Gasteiger charge is -2.23. The Bertz CT molecular complexity index is 689. The quantitative estimate of drug-likeness (QED) is 0.222. The lowest BCUT2D eigenvalue weighted by molar-refractivity contribution is -0.133. The number of unbranched alkanes of at least 4 members (excludes halogenated alkanes) is 1. The van der Waals surface area contributed by atoms with Gasteiger partial charge in [-0.05, 0) is 60.2 Å². The van der Waals surface area contributed by atoms with Gasteiger partial charge < -0.3 is 31.5 Å². The van der Waals surface area contributed by atoms with Gasteiger partial charge in [0.25, 0.3) is 0 Å². The summed E-state index contributed by atoms with van der Waals surface area (Å²) in [5, 5.41) is 17.9. The molecule has 1 rings (SSSR count). The molecule has 0 aromatic heterocycles. The summed E-state index contributed by atoms with van der Waals surface area (Å²) in [6.07, 6.45) is 2.90. The van der Waals surface area contributed by atoms with Crippen LogP contribution in [0.15, 0.2) is 41.7 Å². The summed E-state index contributed by atoms with van der Waals surface area (Å²) in [5.74, 6) is -1.01. The smallest absolute Gasteiger partial charge is 0.407 e. The van der Waals surface area contributed by atoms with E-state index < -0.39 is 11.6 Å². The van der Waals surface area contributed by atoms with Gasteiger partial charge in [-0.25, -0.2) is 9.59 Å². The number of hydrogen-bond donors (Lipinski definition) is 5. The number of rotatable bonds is 9. The highest BCUT2D eigenvalue weighted by atomic mass is 35.5. The fraction of sp³-hybridized carbons (Fsp3) is 0.643. The van der Waals surface area contributed by atoms with Crippen molar-refractivity contribution in [1.29, 1.82) is 0 Å². The fourth-order valence-electron chi connectivity index (χ4n) is 2.37. The molecule has 1 unspecified atom stereocenters. The Morgan fingerprint density at radius 3 is 1.86 bits per heavy atom. The Kier molecular flexibility index (Phi) is 31.7. The summed E-state index contributed by atoms with van der Waals surface area (Å²) in [7, 11) is 1.88. The minimum absolute atomic E-state index is 0.0856. The van der Waals surface area contributed by atoms with Crippen molar-refractivity contribution in [1.82, 2.24) is 16.0 Å². The molecule has 8 nitrogen and oxygen atoms in total. The van der Waals surface area contributed by atoms with Crippen molar-refractivity contribution in [2.75, 3.05) is 20.1 Å². The number of nitrogens with one attached hydrogen (secondary N) is 3. The van der Waals surface area contributed by atoms with Gasteiger partial charge in [0, 0.05) is 29.9 Å². The number of carboxylic acid groups (broad SMARTS) is 1. The van der Waals surface area contributed by atoms with Gasteiger partial charge in [-0.15, -0.1) is 0 Å². The molecule has 0 saturated heterocycles. The molecule has 0 bridgehead atoms. The van der Waals surface area contributed by atoms with Gasteiger partial charge in [0.15, 0.2) is 0 Å². The van der Waals surface area contributed by atoms with E-state index in [1.54, 1.807) is 6.92 Å². The molecule has 0 aliphatic carbocycles. The first-order chi connectivity index (χ1) is 17.4. The van der Waals surface area contributed by atoms with E-state index in [0.717, 1.165) is 30.8 Å². The number of carboxylic acids is 1. The number of nitrogens with two attached hydrogens (primary N) is 1. The molecule has 0 aliphatic rings. The monoisotopic (exact) mass is 546 g/mol. The van der Waals surface area contributed by atoms with Crippen LogP contribution in [0.25, 0.3) is 0 Å². The van der Waals surface area contributed by atoms with Crippen LogP contribution in [0.1, 0.15) is 88.5 Å². The van der Waals surface area contributed by atoms with Gasteiger partial charge in [0.2, 0.25) is 0 Å². The predicted molar refractivity (Wildman–Crippen MR) is 159 cm³/mol. The van der Waals surface area contributed by atoms with Gasteiger partial charge in [-0.2, -0.15) is 0 Å². The minimum atomic E-state index is -1.01. The van der Waals surface area contributed by atoms with Crippen LogP contribution in [0.5, 0.6) is 0 Å². The lowest BCUT2D eigenvalue weighted by Crippen LogP contribution is -2.43. The zero-order valence-corrected chi connectivity index (χ0v) is 25.9. The normalized spacial score (nSPS) is 11.0. The Morgan fingerprint density at radius 2 is 1.59 bits per heavy atom. The van der Waals surface area contributed by atoms with E-state index in [4.69, 9.17) is 27.2 Å². The summed E-state index contributed by atoms with van der Waals surface area (Å²) in [4.78, 5) is 21.9. The SMILES string of the molecule is CC.CC.CCCCC(CNC)NC(=O)OC(C)(C)C.CCN/C(C(=O)O)=C(/C)N.Clc1ccccc1. The number of halogens is 1. The van der Waals surface area contributed by atoms with E-state index in [1.165, 1.54) is 0 Å². The standard InChI is InChI=1S/C12H26N2O2.C6H5Cl.C6H12N2O2.2C2H6/c1-6-7-8-10(9-13-5)14-11(15)16-12(2,3)4;7-6-4-2-1-3-5-6;1-3-8-5(4(2)7)6(9)10;2*1-2/h10,13H,6-9H2,1-5H3,(H,14,15);1-5H;8H,3,7H2,1-2H3,(H,9,10);2*1-2H3/b;;5-4-;;. The zero-order chi connectivity index (χ0) is 29.9. The van der Waals surface area contributed by atoms with E-state index >= 15 is 0 Å². The molecular weight excluding hydrogens is 492 g/mol. The Labute approximate surface area is 231 Å². The Balaban J connectivity index is -0.000000221. The first-order valence-corrected chi connectivity index (χ1v) is 13.5. The summed E-state index contributed by atoms with van der Waals surface area (Å²) in [6, 6.07) is 9.60. The lowest BCUT2D eigenvalue weighted by atomic mass is 10.1. The number of aliphatic carboxylic acids is 1. The molecule has 0 heterocycles. The molecule has 6 N–H and O–H groups in total. The molecule has 1 atom stereocenters. The van der Waals surface area contributed by atoms with Crippen LogP contribution in [0.2, 0.25) is 5.02 Å². The molecule has 0 spiro atoms. The third-order valence-electron chi connectivity index (χ3n) is 3.77. The largest absolute Gasteiger partial charge is 0.477 e. The van der Waals surface area contributed by atoms with Crippen molar-refractivity contribution in [2.24, 2.45) is 5.73 Å². The van der Waals surface area contributed by atoms with E-state index in [1.807, 2.05) is 92.8 Å². The maximum atomic E-state index is 11.5. The summed E-state index contributed by atoms with van der Waals surface area (Å²) in [6.45, 7) is 20.4. The average Bonchev–Trinajstić information content (AvgIpc) is 2.83. The van der Waals surface area contributed by atoms with Gasteiger partial charge in [-0.3, -0.25) is 0 Å². The number of carbonyl (C=O) groups is 2. The second-order valence-electron chi connectivity index (χ2n) is 8.23. The van der Waals surface area contributed by atoms with Crippen molar-refractivity contribution in [3.05, 3.63) is 46.7 Å². The number of amides is 1. The molecule has 218 valence electrons. The average molecular weight is 547 g/mol. The molecule has 0 saturated carbocycles. The van der Waals surface area contributed by atoms with Crippen molar-refractivity contribution in [3.63, 3.8) is 0 Å². The fourth-order valence-corrected chi connectivity index (χ4v) is 2.52. The van der Waals surface area contributed by atoms with Crippen LogP contribution in [0, 0.1) is 0 Å². The van der Waals surface area contributed by atoms with Gasteiger partial charge in [0.05, 0.1) is 0 Å². The van der Waals surface area contributed by atoms with Crippen molar-refractivity contribution < 1.29 is 19.4 Å². The van der Waals surface area contributed by atoms with Crippen molar-refractivity contribution in [2.45, 2.75) is 100 Å². The molecule has 1 aromatic carbocycles. The molecule has 1 amide bonds. The third kappa shape index (κ3) is 31.5. The topological polar surface area (TPSA) is 126 Å². The first-order valence-electron chi connectivity index (χ1n) is 13.2. The highest BCUT2D eigenvalue weighted by Crippen LogP contribution is 2.08. The molecule has 37 heavy (non-hydrogen) atoms.